The van der Waals surface area contributed by atoms with Crippen LogP contribution in [0.5, 0.6) is 0 Å². The molecule has 2 aromatic rings. The van der Waals surface area contributed by atoms with Crippen LogP contribution in [0.4, 0.5) is 0 Å². The lowest BCUT2D eigenvalue weighted by atomic mass is 10.1. The highest BCUT2D eigenvalue weighted by molar-refractivity contribution is 7.94. The second-order valence-electron chi connectivity index (χ2n) is 4.69. The van der Waals surface area contributed by atoms with Crippen LogP contribution in [0.1, 0.15) is 16.7 Å². The second kappa shape index (κ2) is 5.81. The first kappa shape index (κ1) is 14.8. The molecule has 104 valence electrons. The smallest absolute Gasteiger partial charge is 0.201 e. The van der Waals surface area contributed by atoms with Crippen molar-refractivity contribution in [3.63, 3.8) is 0 Å². The van der Waals surface area contributed by atoms with Crippen molar-refractivity contribution in [3.05, 3.63) is 70.6 Å². The highest BCUT2D eigenvalue weighted by atomic mass is 35.5. The summed E-state index contributed by atoms with van der Waals surface area (Å²) in [4.78, 5) is 0.244. The van der Waals surface area contributed by atoms with Crippen LogP contribution < -0.4 is 0 Å². The van der Waals surface area contributed by atoms with Gasteiger partial charge in [-0.05, 0) is 31.5 Å². The molecule has 0 heterocycles. The molecular weight excluding hydrogens is 292 g/mol. The molecule has 20 heavy (non-hydrogen) atoms. The van der Waals surface area contributed by atoms with E-state index in [4.69, 9.17) is 11.6 Å². The van der Waals surface area contributed by atoms with Crippen LogP contribution in [0.25, 0.3) is 5.03 Å². The van der Waals surface area contributed by atoms with Crippen LogP contribution in [0, 0.1) is 13.8 Å². The van der Waals surface area contributed by atoms with E-state index in [1.54, 1.807) is 36.4 Å². The Bertz CT molecular complexity index is 727. The normalized spacial score (nSPS) is 12.4. The molecule has 0 aromatic heterocycles. The molecular formula is C16H15ClO2S. The molecule has 0 aliphatic heterocycles. The fraction of sp³-hybridized carbons (Fsp3) is 0.125. The van der Waals surface area contributed by atoms with Crippen LogP contribution >= 0.6 is 11.6 Å². The number of hydrogen-bond acceptors (Lipinski definition) is 2. The summed E-state index contributed by atoms with van der Waals surface area (Å²) >= 11 is 6.11. The zero-order valence-corrected chi connectivity index (χ0v) is 12.9. The third kappa shape index (κ3) is 3.50. The van der Waals surface area contributed by atoms with E-state index in [1.807, 2.05) is 26.0 Å². The van der Waals surface area contributed by atoms with Crippen LogP contribution in [-0.4, -0.2) is 8.42 Å². The summed E-state index contributed by atoms with van der Waals surface area (Å²) in [7, 11) is -3.53. The predicted octanol–water partition coefficient (Wildman–Crippen LogP) is 4.31. The maximum absolute atomic E-state index is 12.2. The summed E-state index contributed by atoms with van der Waals surface area (Å²) in [6.45, 7) is 3.87. The number of rotatable bonds is 3. The molecule has 2 rings (SSSR count). The minimum Gasteiger partial charge on any atom is -0.219 e. The van der Waals surface area contributed by atoms with Gasteiger partial charge in [0.05, 0.1) is 15.3 Å². The second-order valence-corrected chi connectivity index (χ2v) is 6.89. The van der Waals surface area contributed by atoms with Gasteiger partial charge < -0.3 is 0 Å². The minimum absolute atomic E-state index is 0.213. The maximum Gasteiger partial charge on any atom is 0.201 e. The van der Waals surface area contributed by atoms with Gasteiger partial charge in [0.25, 0.3) is 0 Å². The van der Waals surface area contributed by atoms with Gasteiger partial charge in [0.15, 0.2) is 0 Å². The molecule has 0 saturated carbocycles. The van der Waals surface area contributed by atoms with Gasteiger partial charge in [-0.3, -0.25) is 0 Å². The van der Waals surface area contributed by atoms with Gasteiger partial charge in [0, 0.05) is 0 Å². The van der Waals surface area contributed by atoms with E-state index in [2.05, 4.69) is 0 Å². The highest BCUT2D eigenvalue weighted by Gasteiger charge is 2.12. The molecule has 4 heteroatoms. The molecule has 0 bridgehead atoms. The number of benzene rings is 2. The summed E-state index contributed by atoms with van der Waals surface area (Å²) in [5.41, 5.74) is 2.80. The lowest BCUT2D eigenvalue weighted by molar-refractivity contribution is 0.605. The van der Waals surface area contributed by atoms with Gasteiger partial charge in [-0.1, -0.05) is 59.1 Å². The minimum atomic E-state index is -3.53. The van der Waals surface area contributed by atoms with E-state index in [1.165, 1.54) is 0 Å². The number of aryl methyl sites for hydroxylation is 2. The molecule has 0 saturated heterocycles. The summed E-state index contributed by atoms with van der Waals surface area (Å²) < 4.78 is 24.5. The average molecular weight is 307 g/mol. The van der Waals surface area contributed by atoms with Crippen molar-refractivity contribution in [1.82, 2.24) is 0 Å². The lowest BCUT2D eigenvalue weighted by Crippen LogP contribution is -1.97. The van der Waals surface area contributed by atoms with Crippen molar-refractivity contribution >= 4 is 26.5 Å². The van der Waals surface area contributed by atoms with Crippen molar-refractivity contribution in [2.75, 3.05) is 0 Å². The standard InChI is InChI=1S/C16H15ClO2S/c1-12-3-7-14(8-4-12)16(17)11-20(18,19)15-9-5-13(2)6-10-15/h3-11H,1-2H3/b16-11+. The van der Waals surface area contributed by atoms with Gasteiger partial charge in [0.1, 0.15) is 0 Å². The van der Waals surface area contributed by atoms with Gasteiger partial charge in [-0.2, -0.15) is 0 Å². The maximum atomic E-state index is 12.2. The third-order valence-corrected chi connectivity index (χ3v) is 4.87. The predicted molar refractivity (Wildman–Crippen MR) is 83.4 cm³/mol. The zero-order chi connectivity index (χ0) is 14.8. The van der Waals surface area contributed by atoms with E-state index < -0.39 is 9.84 Å². The molecule has 0 aliphatic carbocycles. The molecule has 0 spiro atoms. The molecule has 0 radical (unpaired) electrons. The van der Waals surface area contributed by atoms with Crippen LogP contribution in [0.2, 0.25) is 0 Å². The van der Waals surface area contributed by atoms with Gasteiger partial charge >= 0.3 is 0 Å². The average Bonchev–Trinajstić information content (AvgIpc) is 2.39. The van der Waals surface area contributed by atoms with Crippen molar-refractivity contribution < 1.29 is 8.42 Å². The van der Waals surface area contributed by atoms with Gasteiger partial charge in [-0.25, -0.2) is 8.42 Å². The first-order valence-corrected chi connectivity index (χ1v) is 8.07. The first-order chi connectivity index (χ1) is 9.38. The zero-order valence-electron chi connectivity index (χ0n) is 11.3. The van der Waals surface area contributed by atoms with Gasteiger partial charge in [0.2, 0.25) is 9.84 Å². The lowest BCUT2D eigenvalue weighted by Gasteiger charge is -2.03. The van der Waals surface area contributed by atoms with Gasteiger partial charge in [-0.15, -0.1) is 0 Å². The molecule has 0 atom stereocenters. The van der Waals surface area contributed by atoms with E-state index >= 15 is 0 Å². The highest BCUT2D eigenvalue weighted by Crippen LogP contribution is 2.23. The largest absolute Gasteiger partial charge is 0.219 e. The molecule has 0 aliphatic rings. The van der Waals surface area contributed by atoms with Crippen LogP contribution in [0.3, 0.4) is 0 Å². The Morgan fingerprint density at radius 1 is 0.900 bits per heavy atom. The van der Waals surface area contributed by atoms with Crippen molar-refractivity contribution in [2.24, 2.45) is 0 Å². The SMILES string of the molecule is Cc1ccc(/C(Cl)=C\S(=O)(=O)c2ccc(C)cc2)cc1. The van der Waals surface area contributed by atoms with Crippen molar-refractivity contribution in [3.8, 4) is 0 Å². The van der Waals surface area contributed by atoms with Crippen LogP contribution in [0.15, 0.2) is 58.8 Å². The number of hydrogen-bond donors (Lipinski definition) is 0. The quantitative estimate of drug-likeness (QED) is 0.846. The molecule has 2 nitrogen and oxygen atoms in total. The summed E-state index contributed by atoms with van der Waals surface area (Å²) in [5, 5.41) is 1.31. The molecule has 2 aromatic carbocycles. The Hall–Kier alpha value is -1.58. The van der Waals surface area contributed by atoms with Crippen molar-refractivity contribution in [1.29, 1.82) is 0 Å². The monoisotopic (exact) mass is 306 g/mol. The van der Waals surface area contributed by atoms with Crippen molar-refractivity contribution in [2.45, 2.75) is 18.7 Å². The Kier molecular flexibility index (Phi) is 4.31. The summed E-state index contributed by atoms with van der Waals surface area (Å²) in [6, 6.07) is 14.1. The Balaban J connectivity index is 2.37. The first-order valence-electron chi connectivity index (χ1n) is 6.14. The summed E-state index contributed by atoms with van der Waals surface area (Å²) in [6.07, 6.45) is 0. The topological polar surface area (TPSA) is 34.1 Å². The van der Waals surface area contributed by atoms with E-state index in [0.717, 1.165) is 16.5 Å². The van der Waals surface area contributed by atoms with E-state index in [0.29, 0.717) is 5.56 Å². The number of sulfone groups is 1. The molecule has 0 unspecified atom stereocenters. The van der Waals surface area contributed by atoms with E-state index in [-0.39, 0.29) is 9.93 Å². The Morgan fingerprint density at radius 3 is 1.85 bits per heavy atom. The number of halogens is 1. The third-order valence-electron chi connectivity index (χ3n) is 2.94. The van der Waals surface area contributed by atoms with E-state index in [9.17, 15) is 8.42 Å². The molecule has 0 N–H and O–H groups in total. The fourth-order valence-corrected chi connectivity index (χ4v) is 3.25. The molecule has 0 amide bonds. The fourth-order valence-electron chi connectivity index (χ4n) is 1.71. The Labute approximate surface area is 124 Å². The van der Waals surface area contributed by atoms with Crippen LogP contribution in [-0.2, 0) is 9.84 Å². The Morgan fingerprint density at radius 2 is 1.35 bits per heavy atom. The molecule has 0 fully saturated rings. The summed E-state index contributed by atoms with van der Waals surface area (Å²) in [5.74, 6) is 0.